The number of hydrogen-bond donors (Lipinski definition) is 5. The minimum atomic E-state index is -1.32. The van der Waals surface area contributed by atoms with Crippen LogP contribution in [-0.4, -0.2) is 59.8 Å². The van der Waals surface area contributed by atoms with Gasteiger partial charge in [0, 0.05) is 49.7 Å². The number of amides is 2. The molecule has 1 aromatic carbocycles. The summed E-state index contributed by atoms with van der Waals surface area (Å²) in [4.78, 5) is 45.9. The Labute approximate surface area is 216 Å². The number of hydrogen-bond acceptors (Lipinski definition) is 7. The predicted molar refractivity (Wildman–Crippen MR) is 143 cm³/mol. The summed E-state index contributed by atoms with van der Waals surface area (Å²) >= 11 is 0. The molecule has 1 atom stereocenters. The van der Waals surface area contributed by atoms with Crippen LogP contribution in [0.3, 0.4) is 0 Å². The molecule has 0 aliphatic carbocycles. The summed E-state index contributed by atoms with van der Waals surface area (Å²) in [7, 11) is 0. The molecule has 0 fully saturated rings. The molecule has 0 bridgehead atoms. The molecule has 1 aliphatic rings. The number of nitrogens with two attached hydrogens (primary N) is 1. The van der Waals surface area contributed by atoms with Crippen molar-refractivity contribution in [2.45, 2.75) is 46.1 Å². The lowest BCUT2D eigenvalue weighted by molar-refractivity contribution is -0.139. The summed E-state index contributed by atoms with van der Waals surface area (Å²) in [6.07, 6.45) is 5.16. The van der Waals surface area contributed by atoms with Gasteiger partial charge in [-0.2, -0.15) is 0 Å². The Morgan fingerprint density at radius 1 is 1.22 bits per heavy atom. The maximum absolute atomic E-state index is 12.8. The highest BCUT2D eigenvalue weighted by Crippen LogP contribution is 2.20. The Kier molecular flexibility index (Phi) is 9.37. The number of anilines is 1. The van der Waals surface area contributed by atoms with Gasteiger partial charge in [0.15, 0.2) is 0 Å². The van der Waals surface area contributed by atoms with Gasteiger partial charge in [-0.05, 0) is 56.4 Å². The van der Waals surface area contributed by atoms with Crippen LogP contribution in [0.15, 0.2) is 41.0 Å². The number of benzene rings is 1. The fourth-order valence-electron chi connectivity index (χ4n) is 4.29. The first-order valence-electron chi connectivity index (χ1n) is 12.2. The zero-order valence-electron chi connectivity index (χ0n) is 21.4. The highest BCUT2D eigenvalue weighted by Gasteiger charge is 2.23. The van der Waals surface area contributed by atoms with Crippen molar-refractivity contribution < 1.29 is 19.5 Å². The molecule has 2 amide bonds. The molecule has 2 heterocycles. The first kappa shape index (κ1) is 27.4. The standard InChI is InChI=1S/C27H34N6O4/c1-16-11-17(2)23(18(3)12-16)26(35)33-22(27(36)37)15-31-25(34)20(13-28)14-29-10-8-21-7-6-19-5-4-9-30-24(19)32-21/h6-7,11-14,22H,4-5,8-10,15,28H2,1-3H3,(H,30,32)(H,31,34)(H,33,35)(H,36,37)/t22-/m0/s1. The van der Waals surface area contributed by atoms with Crippen LogP contribution in [0.4, 0.5) is 5.82 Å². The largest absolute Gasteiger partial charge is 0.480 e. The monoisotopic (exact) mass is 506 g/mol. The number of aryl methyl sites for hydroxylation is 4. The Morgan fingerprint density at radius 3 is 2.62 bits per heavy atom. The average Bonchev–Trinajstić information content (AvgIpc) is 2.85. The number of nitrogens with one attached hydrogen (secondary N) is 3. The molecular formula is C27H34N6O4. The van der Waals surface area contributed by atoms with Gasteiger partial charge in [0.05, 0.1) is 5.57 Å². The third kappa shape index (κ3) is 7.39. The quantitative estimate of drug-likeness (QED) is 0.243. The van der Waals surface area contributed by atoms with Crippen molar-refractivity contribution >= 4 is 29.8 Å². The van der Waals surface area contributed by atoms with Gasteiger partial charge in [0.2, 0.25) is 0 Å². The van der Waals surface area contributed by atoms with Crippen LogP contribution < -0.4 is 21.7 Å². The van der Waals surface area contributed by atoms with Crippen molar-refractivity contribution in [2.75, 3.05) is 25.0 Å². The highest BCUT2D eigenvalue weighted by molar-refractivity contribution is 6.12. The highest BCUT2D eigenvalue weighted by atomic mass is 16.4. The zero-order chi connectivity index (χ0) is 26.9. The van der Waals surface area contributed by atoms with E-state index in [0.29, 0.717) is 18.5 Å². The SMILES string of the molecule is Cc1cc(C)c(C(=O)N[C@@H](CNC(=O)C(C=NCCc2ccc3c(n2)NCCC3)=CN)C(=O)O)c(C)c1. The van der Waals surface area contributed by atoms with Gasteiger partial charge >= 0.3 is 5.97 Å². The fourth-order valence-corrected chi connectivity index (χ4v) is 4.29. The molecule has 1 aromatic heterocycles. The van der Waals surface area contributed by atoms with E-state index in [4.69, 9.17) is 5.73 Å². The molecule has 0 saturated carbocycles. The van der Waals surface area contributed by atoms with Gasteiger partial charge in [0.1, 0.15) is 11.9 Å². The van der Waals surface area contributed by atoms with Crippen molar-refractivity contribution in [1.29, 1.82) is 0 Å². The summed E-state index contributed by atoms with van der Waals surface area (Å²) in [5, 5.41) is 17.9. The summed E-state index contributed by atoms with van der Waals surface area (Å²) < 4.78 is 0. The minimum Gasteiger partial charge on any atom is -0.480 e. The van der Waals surface area contributed by atoms with Gasteiger partial charge in [-0.3, -0.25) is 14.6 Å². The molecule has 196 valence electrons. The van der Waals surface area contributed by atoms with Crippen LogP contribution in [0.25, 0.3) is 0 Å². The molecule has 0 saturated heterocycles. The van der Waals surface area contributed by atoms with Gasteiger partial charge in [-0.15, -0.1) is 0 Å². The fraction of sp³-hybridized carbons (Fsp3) is 0.370. The number of carbonyl (C=O) groups excluding carboxylic acids is 2. The van der Waals surface area contributed by atoms with Crippen LogP contribution in [-0.2, 0) is 22.4 Å². The lowest BCUT2D eigenvalue weighted by atomic mass is 9.99. The van der Waals surface area contributed by atoms with Crippen LogP contribution in [0.5, 0.6) is 0 Å². The second-order valence-corrected chi connectivity index (χ2v) is 9.10. The molecule has 0 radical (unpaired) electrons. The predicted octanol–water partition coefficient (Wildman–Crippen LogP) is 1.82. The molecule has 6 N–H and O–H groups in total. The average molecular weight is 507 g/mol. The van der Waals surface area contributed by atoms with Crippen LogP contribution in [0, 0.1) is 20.8 Å². The third-order valence-electron chi connectivity index (χ3n) is 6.10. The molecule has 37 heavy (non-hydrogen) atoms. The van der Waals surface area contributed by atoms with Gasteiger partial charge < -0.3 is 26.8 Å². The van der Waals surface area contributed by atoms with E-state index in [-0.39, 0.29) is 12.1 Å². The van der Waals surface area contributed by atoms with E-state index in [1.165, 1.54) is 11.8 Å². The first-order chi connectivity index (χ1) is 17.7. The molecular weight excluding hydrogens is 472 g/mol. The van der Waals surface area contributed by atoms with Crippen LogP contribution >= 0.6 is 0 Å². The normalized spacial score (nSPS) is 14.0. The van der Waals surface area contributed by atoms with Crippen molar-refractivity contribution in [1.82, 2.24) is 15.6 Å². The zero-order valence-corrected chi connectivity index (χ0v) is 21.4. The number of carboxylic acids is 1. The number of aliphatic imine (C=N–C) groups is 1. The van der Waals surface area contributed by atoms with E-state index < -0.39 is 23.8 Å². The van der Waals surface area contributed by atoms with E-state index in [9.17, 15) is 19.5 Å². The van der Waals surface area contributed by atoms with Crippen molar-refractivity contribution in [3.8, 4) is 0 Å². The maximum Gasteiger partial charge on any atom is 0.328 e. The minimum absolute atomic E-state index is 0.0840. The Balaban J connectivity index is 1.53. The lowest BCUT2D eigenvalue weighted by Crippen LogP contribution is -2.49. The topological polar surface area (TPSA) is 159 Å². The molecule has 10 nitrogen and oxygen atoms in total. The van der Waals surface area contributed by atoms with E-state index in [0.717, 1.165) is 53.8 Å². The van der Waals surface area contributed by atoms with Gasteiger partial charge in [-0.1, -0.05) is 23.8 Å². The Hall–Kier alpha value is -4.21. The number of rotatable bonds is 10. The van der Waals surface area contributed by atoms with E-state index in [2.05, 4.69) is 32.0 Å². The second kappa shape index (κ2) is 12.7. The summed E-state index contributed by atoms with van der Waals surface area (Å²) in [6, 6.07) is 6.45. The number of aliphatic carboxylic acids is 1. The van der Waals surface area contributed by atoms with Crippen molar-refractivity contribution in [3.63, 3.8) is 0 Å². The maximum atomic E-state index is 12.8. The molecule has 3 rings (SSSR count). The molecule has 2 aromatic rings. The Morgan fingerprint density at radius 2 is 1.95 bits per heavy atom. The summed E-state index contributed by atoms with van der Waals surface area (Å²) in [5.41, 5.74) is 10.7. The number of fused-ring (bicyclic) bond motifs is 1. The molecule has 0 spiro atoms. The summed E-state index contributed by atoms with van der Waals surface area (Å²) in [5.74, 6) is -1.46. The lowest BCUT2D eigenvalue weighted by Gasteiger charge is -2.18. The summed E-state index contributed by atoms with van der Waals surface area (Å²) in [6.45, 7) is 6.51. The van der Waals surface area contributed by atoms with E-state index in [1.807, 2.05) is 25.1 Å². The molecule has 1 aliphatic heterocycles. The van der Waals surface area contributed by atoms with Crippen LogP contribution in [0.2, 0.25) is 0 Å². The number of carbonyl (C=O) groups is 3. The van der Waals surface area contributed by atoms with Crippen molar-refractivity contribution in [3.05, 3.63) is 69.5 Å². The number of aromatic nitrogens is 1. The van der Waals surface area contributed by atoms with E-state index in [1.54, 1.807) is 13.8 Å². The first-order valence-corrected chi connectivity index (χ1v) is 12.2. The van der Waals surface area contributed by atoms with Gasteiger partial charge in [-0.25, -0.2) is 9.78 Å². The van der Waals surface area contributed by atoms with Gasteiger partial charge in [0.25, 0.3) is 11.8 Å². The van der Waals surface area contributed by atoms with E-state index >= 15 is 0 Å². The van der Waals surface area contributed by atoms with Crippen LogP contribution in [0.1, 0.15) is 44.7 Å². The smallest absolute Gasteiger partial charge is 0.328 e. The number of pyridine rings is 1. The second-order valence-electron chi connectivity index (χ2n) is 9.10. The van der Waals surface area contributed by atoms with Crippen molar-refractivity contribution in [2.24, 2.45) is 10.7 Å². The number of carboxylic acid groups (broad SMARTS) is 1. The third-order valence-corrected chi connectivity index (χ3v) is 6.10. The molecule has 10 heteroatoms. The molecule has 0 unspecified atom stereocenters. The number of nitrogens with zero attached hydrogens (tertiary/aromatic N) is 2. The Bertz CT molecular complexity index is 1210.